The quantitative estimate of drug-likeness (QED) is 0.332. The van der Waals surface area contributed by atoms with E-state index in [-0.39, 0.29) is 23.8 Å². The van der Waals surface area contributed by atoms with E-state index in [0.29, 0.717) is 11.4 Å². The van der Waals surface area contributed by atoms with Gasteiger partial charge in [-0.05, 0) is 43.2 Å². The maximum atomic E-state index is 11.7. The largest absolute Gasteiger partial charge is 0.493 e. The van der Waals surface area contributed by atoms with Crippen LogP contribution in [-0.2, 0) is 6.61 Å². The molecule has 1 heterocycles. The second-order valence-electron chi connectivity index (χ2n) is 6.63. The van der Waals surface area contributed by atoms with E-state index in [9.17, 15) is 10.1 Å². The van der Waals surface area contributed by atoms with Gasteiger partial charge in [0.2, 0.25) is 5.75 Å². The van der Waals surface area contributed by atoms with Crippen LogP contribution in [0.4, 0.5) is 11.5 Å². The summed E-state index contributed by atoms with van der Waals surface area (Å²) in [4.78, 5) is 15.3. The molecule has 0 radical (unpaired) electrons. The van der Waals surface area contributed by atoms with Gasteiger partial charge in [0, 0.05) is 17.8 Å². The molecule has 0 spiro atoms. The van der Waals surface area contributed by atoms with Gasteiger partial charge in [0.05, 0.1) is 18.2 Å². The predicted octanol–water partition coefficient (Wildman–Crippen LogP) is 4.64. The zero-order valence-corrected chi connectivity index (χ0v) is 17.0. The molecule has 1 aromatic heterocycles. The monoisotopic (exact) mass is 406 g/mol. The van der Waals surface area contributed by atoms with E-state index in [1.54, 1.807) is 24.4 Å². The number of methoxy groups -OCH3 is 1. The van der Waals surface area contributed by atoms with Gasteiger partial charge in [0.15, 0.2) is 5.75 Å². The Balaban J connectivity index is 1.85. The molecule has 0 bridgehead atoms. The SMILES string of the molecule is COc1cc(/C=N/Nc2ccccn2)cc([N+](=O)[O-])c1OCc1cc(C)ccc1C. The van der Waals surface area contributed by atoms with Crippen molar-refractivity contribution in [1.82, 2.24) is 4.98 Å². The van der Waals surface area contributed by atoms with Crippen molar-refractivity contribution >= 4 is 17.7 Å². The number of nitrogens with zero attached hydrogens (tertiary/aromatic N) is 3. The van der Waals surface area contributed by atoms with Crippen LogP contribution in [-0.4, -0.2) is 23.2 Å². The van der Waals surface area contributed by atoms with Crippen LogP contribution in [0.15, 0.2) is 59.8 Å². The Kier molecular flexibility index (Phi) is 6.59. The number of hydrogen-bond donors (Lipinski definition) is 1. The van der Waals surface area contributed by atoms with Crippen molar-refractivity contribution in [2.45, 2.75) is 20.5 Å². The normalized spacial score (nSPS) is 10.8. The first-order valence-electron chi connectivity index (χ1n) is 9.23. The van der Waals surface area contributed by atoms with Crippen molar-refractivity contribution in [3.05, 3.63) is 87.1 Å². The van der Waals surface area contributed by atoms with Crippen molar-refractivity contribution in [1.29, 1.82) is 0 Å². The molecule has 0 aliphatic heterocycles. The molecule has 0 aliphatic carbocycles. The number of aryl methyl sites for hydroxylation is 2. The Morgan fingerprint density at radius 1 is 1.20 bits per heavy atom. The second kappa shape index (κ2) is 9.51. The first-order valence-corrected chi connectivity index (χ1v) is 9.23. The van der Waals surface area contributed by atoms with Crippen LogP contribution in [0.3, 0.4) is 0 Å². The first kappa shape index (κ1) is 20.8. The minimum atomic E-state index is -0.496. The summed E-state index contributed by atoms with van der Waals surface area (Å²) >= 11 is 0. The van der Waals surface area contributed by atoms with E-state index < -0.39 is 4.92 Å². The molecule has 8 nitrogen and oxygen atoms in total. The first-order chi connectivity index (χ1) is 14.5. The Morgan fingerprint density at radius 2 is 2.03 bits per heavy atom. The Hall–Kier alpha value is -3.94. The lowest BCUT2D eigenvalue weighted by molar-refractivity contribution is -0.386. The molecule has 154 valence electrons. The molecule has 2 aromatic carbocycles. The summed E-state index contributed by atoms with van der Waals surface area (Å²) in [6, 6.07) is 14.4. The van der Waals surface area contributed by atoms with Crippen LogP contribution in [0.5, 0.6) is 11.5 Å². The average Bonchev–Trinajstić information content (AvgIpc) is 2.75. The number of benzene rings is 2. The lowest BCUT2D eigenvalue weighted by Gasteiger charge is -2.13. The zero-order valence-electron chi connectivity index (χ0n) is 17.0. The maximum absolute atomic E-state index is 11.7. The van der Waals surface area contributed by atoms with E-state index in [0.717, 1.165) is 16.7 Å². The number of nitrogens with one attached hydrogen (secondary N) is 1. The average molecular weight is 406 g/mol. The Bertz CT molecular complexity index is 1070. The third kappa shape index (κ3) is 5.11. The molecule has 30 heavy (non-hydrogen) atoms. The minimum Gasteiger partial charge on any atom is -0.493 e. The van der Waals surface area contributed by atoms with Gasteiger partial charge >= 0.3 is 5.69 Å². The van der Waals surface area contributed by atoms with Gasteiger partial charge in [-0.2, -0.15) is 5.10 Å². The van der Waals surface area contributed by atoms with Crippen LogP contribution < -0.4 is 14.9 Å². The molecule has 0 atom stereocenters. The van der Waals surface area contributed by atoms with Crippen molar-refractivity contribution in [2.24, 2.45) is 5.10 Å². The highest BCUT2D eigenvalue weighted by molar-refractivity contribution is 5.83. The van der Waals surface area contributed by atoms with Crippen molar-refractivity contribution in [3.63, 3.8) is 0 Å². The number of rotatable bonds is 8. The van der Waals surface area contributed by atoms with Gasteiger partial charge in [0.25, 0.3) is 0 Å². The maximum Gasteiger partial charge on any atom is 0.315 e. The molecular weight excluding hydrogens is 384 g/mol. The van der Waals surface area contributed by atoms with Crippen molar-refractivity contribution in [3.8, 4) is 11.5 Å². The molecule has 0 saturated carbocycles. The number of aromatic nitrogens is 1. The Labute approximate surface area is 174 Å². The van der Waals surface area contributed by atoms with Crippen molar-refractivity contribution in [2.75, 3.05) is 12.5 Å². The molecule has 0 saturated heterocycles. The number of pyridine rings is 1. The van der Waals surface area contributed by atoms with Gasteiger partial charge in [-0.1, -0.05) is 29.8 Å². The van der Waals surface area contributed by atoms with Crippen LogP contribution in [0.25, 0.3) is 0 Å². The summed E-state index contributed by atoms with van der Waals surface area (Å²) in [6.45, 7) is 4.15. The van der Waals surface area contributed by atoms with Crippen LogP contribution >= 0.6 is 0 Å². The second-order valence-corrected chi connectivity index (χ2v) is 6.63. The summed E-state index contributed by atoms with van der Waals surface area (Å²) in [5.74, 6) is 0.899. The minimum absolute atomic E-state index is 0.0817. The summed E-state index contributed by atoms with van der Waals surface area (Å²) in [5, 5.41) is 15.7. The van der Waals surface area contributed by atoms with Crippen molar-refractivity contribution < 1.29 is 14.4 Å². The third-order valence-electron chi connectivity index (χ3n) is 4.41. The summed E-state index contributed by atoms with van der Waals surface area (Å²) < 4.78 is 11.2. The molecule has 0 unspecified atom stereocenters. The fourth-order valence-corrected chi connectivity index (χ4v) is 2.82. The molecular formula is C22H22N4O4. The zero-order chi connectivity index (χ0) is 21.5. The van der Waals surface area contributed by atoms with E-state index in [2.05, 4.69) is 15.5 Å². The number of nitro benzene ring substituents is 1. The molecule has 0 amide bonds. The highest BCUT2D eigenvalue weighted by atomic mass is 16.6. The van der Waals surface area contributed by atoms with Gasteiger partial charge in [-0.15, -0.1) is 0 Å². The number of ether oxygens (including phenoxy) is 2. The topological polar surface area (TPSA) is 98.9 Å². The molecule has 3 aromatic rings. The fraction of sp³-hybridized carbons (Fsp3) is 0.182. The molecule has 1 N–H and O–H groups in total. The lowest BCUT2D eigenvalue weighted by atomic mass is 10.1. The van der Waals surface area contributed by atoms with E-state index in [1.165, 1.54) is 19.4 Å². The standard InChI is InChI=1S/C22H22N4O4/c1-15-7-8-16(2)18(10-15)14-30-22-19(26(27)28)11-17(12-20(22)29-3)13-24-25-21-6-4-5-9-23-21/h4-13H,14H2,1-3H3,(H,23,25)/b24-13+. The molecule has 8 heteroatoms. The van der Waals surface area contributed by atoms with Crippen LogP contribution in [0.2, 0.25) is 0 Å². The van der Waals surface area contributed by atoms with Gasteiger partial charge < -0.3 is 9.47 Å². The smallest absolute Gasteiger partial charge is 0.315 e. The number of hydrazone groups is 1. The molecule has 0 fully saturated rings. The highest BCUT2D eigenvalue weighted by Gasteiger charge is 2.22. The Morgan fingerprint density at radius 3 is 2.73 bits per heavy atom. The summed E-state index contributed by atoms with van der Waals surface area (Å²) in [6.07, 6.45) is 3.09. The fourth-order valence-electron chi connectivity index (χ4n) is 2.82. The summed E-state index contributed by atoms with van der Waals surface area (Å²) in [7, 11) is 1.44. The number of anilines is 1. The third-order valence-corrected chi connectivity index (χ3v) is 4.41. The summed E-state index contributed by atoms with van der Waals surface area (Å²) in [5.41, 5.74) is 6.15. The van der Waals surface area contributed by atoms with Crippen LogP contribution in [0.1, 0.15) is 22.3 Å². The lowest BCUT2D eigenvalue weighted by Crippen LogP contribution is -2.04. The van der Waals surface area contributed by atoms with E-state index in [1.807, 2.05) is 38.1 Å². The predicted molar refractivity (Wildman–Crippen MR) is 115 cm³/mol. The van der Waals surface area contributed by atoms with Gasteiger partial charge in [-0.3, -0.25) is 15.5 Å². The van der Waals surface area contributed by atoms with Gasteiger partial charge in [-0.25, -0.2) is 4.98 Å². The van der Waals surface area contributed by atoms with Gasteiger partial charge in [0.1, 0.15) is 12.4 Å². The molecule has 3 rings (SSSR count). The number of hydrogen-bond acceptors (Lipinski definition) is 7. The molecule has 0 aliphatic rings. The highest BCUT2D eigenvalue weighted by Crippen LogP contribution is 2.38. The van der Waals surface area contributed by atoms with E-state index in [4.69, 9.17) is 9.47 Å². The van der Waals surface area contributed by atoms with E-state index >= 15 is 0 Å². The number of nitro groups is 1. The van der Waals surface area contributed by atoms with Crippen LogP contribution in [0, 0.1) is 24.0 Å².